The van der Waals surface area contributed by atoms with Crippen LogP contribution in [0.25, 0.3) is 0 Å². The molecule has 1 aromatic carbocycles. The zero-order valence-corrected chi connectivity index (χ0v) is 14.6. The molecule has 24 heavy (non-hydrogen) atoms. The largest absolute Gasteiger partial charge is 0.380 e. The molecule has 0 bridgehead atoms. The first-order chi connectivity index (χ1) is 11.8. The zero-order chi connectivity index (χ0) is 16.8. The number of benzene rings is 1. The van der Waals surface area contributed by atoms with Gasteiger partial charge in [-0.25, -0.2) is 0 Å². The highest BCUT2D eigenvalue weighted by Crippen LogP contribution is 2.29. The van der Waals surface area contributed by atoms with E-state index in [1.807, 2.05) is 43.0 Å². The molecule has 5 heteroatoms. The fraction of sp³-hybridized carbons (Fsp3) is 0.526. The Morgan fingerprint density at radius 2 is 2.04 bits per heavy atom. The highest BCUT2D eigenvalue weighted by molar-refractivity contribution is 5.25. The first-order valence-corrected chi connectivity index (χ1v) is 8.73. The van der Waals surface area contributed by atoms with Crippen molar-refractivity contribution >= 4 is 0 Å². The summed E-state index contributed by atoms with van der Waals surface area (Å²) < 4.78 is 13.6. The van der Waals surface area contributed by atoms with Crippen molar-refractivity contribution in [1.82, 2.24) is 14.7 Å². The van der Waals surface area contributed by atoms with E-state index in [0.717, 1.165) is 32.7 Å². The molecule has 1 atom stereocenters. The number of hydrogen-bond donors (Lipinski definition) is 0. The second kappa shape index (κ2) is 8.42. The summed E-state index contributed by atoms with van der Waals surface area (Å²) in [7, 11) is 2.02. The predicted octanol–water partition coefficient (Wildman–Crippen LogP) is 2.57. The second-order valence-corrected chi connectivity index (χ2v) is 6.18. The lowest BCUT2D eigenvalue weighted by atomic mass is 10.0. The van der Waals surface area contributed by atoms with Crippen molar-refractivity contribution in [2.24, 2.45) is 7.05 Å². The van der Waals surface area contributed by atoms with Crippen molar-refractivity contribution < 1.29 is 9.47 Å². The summed E-state index contributed by atoms with van der Waals surface area (Å²) in [6, 6.07) is 10.6. The topological polar surface area (TPSA) is 39.5 Å². The van der Waals surface area contributed by atoms with Crippen molar-refractivity contribution in [3.8, 4) is 0 Å². The van der Waals surface area contributed by atoms with Crippen molar-refractivity contribution in [2.75, 3.05) is 32.9 Å². The molecule has 0 fully saturated rings. The molecule has 130 valence electrons. The van der Waals surface area contributed by atoms with Crippen LogP contribution in [0.3, 0.4) is 0 Å². The van der Waals surface area contributed by atoms with E-state index in [1.165, 1.54) is 16.8 Å². The van der Waals surface area contributed by atoms with Crippen molar-refractivity contribution in [3.63, 3.8) is 0 Å². The Kier molecular flexibility index (Phi) is 6.01. The molecule has 0 aliphatic carbocycles. The van der Waals surface area contributed by atoms with Gasteiger partial charge < -0.3 is 9.47 Å². The lowest BCUT2D eigenvalue weighted by molar-refractivity contribution is 0.0300. The van der Waals surface area contributed by atoms with Gasteiger partial charge in [0.25, 0.3) is 0 Å². The molecular weight excluding hydrogens is 302 g/mol. The summed E-state index contributed by atoms with van der Waals surface area (Å²) in [6.07, 6.45) is 3.04. The average Bonchev–Trinajstić information content (AvgIpc) is 2.99. The summed E-state index contributed by atoms with van der Waals surface area (Å²) in [5.74, 6) is 0. The van der Waals surface area contributed by atoms with Gasteiger partial charge in [-0.1, -0.05) is 30.3 Å². The van der Waals surface area contributed by atoms with Gasteiger partial charge in [0.1, 0.15) is 0 Å². The van der Waals surface area contributed by atoms with Crippen LogP contribution in [0.5, 0.6) is 0 Å². The Labute approximate surface area is 144 Å². The number of nitrogens with zero attached hydrogens (tertiary/aromatic N) is 3. The molecule has 1 aromatic heterocycles. The molecule has 1 aliphatic rings. The molecule has 3 rings (SSSR count). The summed E-state index contributed by atoms with van der Waals surface area (Å²) in [4.78, 5) is 2.46. The number of rotatable bonds is 8. The van der Waals surface area contributed by atoms with E-state index < -0.39 is 0 Å². The Hall–Kier alpha value is -1.69. The Balaban J connectivity index is 1.56. The minimum absolute atomic E-state index is 0.265. The van der Waals surface area contributed by atoms with Crippen LogP contribution in [0.2, 0.25) is 0 Å². The van der Waals surface area contributed by atoms with E-state index in [4.69, 9.17) is 9.47 Å². The second-order valence-electron chi connectivity index (χ2n) is 6.18. The maximum absolute atomic E-state index is 5.87. The van der Waals surface area contributed by atoms with Crippen LogP contribution >= 0.6 is 0 Å². The summed E-state index contributed by atoms with van der Waals surface area (Å²) in [5, 5.41) is 4.43. The third-order valence-electron chi connectivity index (χ3n) is 4.60. The molecular formula is C19H27N3O2. The molecule has 2 heterocycles. The number of ether oxygens (including phenoxy) is 2. The third-order valence-corrected chi connectivity index (χ3v) is 4.60. The normalized spacial score (nSPS) is 17.8. The lowest BCUT2D eigenvalue weighted by Gasteiger charge is -2.35. The summed E-state index contributed by atoms with van der Waals surface area (Å²) in [5.41, 5.74) is 3.86. The predicted molar refractivity (Wildman–Crippen MR) is 93.8 cm³/mol. The molecule has 0 saturated carbocycles. The zero-order valence-electron chi connectivity index (χ0n) is 14.6. The van der Waals surface area contributed by atoms with Gasteiger partial charge in [-0.15, -0.1) is 0 Å². The van der Waals surface area contributed by atoms with Crippen molar-refractivity contribution in [1.29, 1.82) is 0 Å². The van der Waals surface area contributed by atoms with Gasteiger partial charge in [0.15, 0.2) is 0 Å². The van der Waals surface area contributed by atoms with E-state index in [2.05, 4.69) is 22.1 Å². The van der Waals surface area contributed by atoms with Gasteiger partial charge in [0, 0.05) is 26.7 Å². The quantitative estimate of drug-likeness (QED) is 0.698. The SMILES string of the molecule is CCOCC1c2c(cnn2C)CCN1CCOCc1ccccc1. The van der Waals surface area contributed by atoms with Crippen molar-refractivity contribution in [3.05, 3.63) is 53.3 Å². The molecule has 0 saturated heterocycles. The lowest BCUT2D eigenvalue weighted by Crippen LogP contribution is -2.40. The van der Waals surface area contributed by atoms with Crippen molar-refractivity contribution in [2.45, 2.75) is 26.0 Å². The average molecular weight is 329 g/mol. The van der Waals surface area contributed by atoms with Gasteiger partial charge in [-0.3, -0.25) is 9.58 Å². The van der Waals surface area contributed by atoms with E-state index >= 15 is 0 Å². The Morgan fingerprint density at radius 3 is 2.83 bits per heavy atom. The highest BCUT2D eigenvalue weighted by Gasteiger charge is 2.30. The standard InChI is InChI=1S/C19H27N3O2/c1-3-23-15-18-19-17(13-20-21(19)2)9-10-22(18)11-12-24-14-16-7-5-4-6-8-16/h4-8,13,18H,3,9-12,14-15H2,1-2H3. The van der Waals surface area contributed by atoms with Gasteiger partial charge in [-0.2, -0.15) is 5.10 Å². The van der Waals surface area contributed by atoms with Crippen LogP contribution in [-0.4, -0.2) is 47.6 Å². The van der Waals surface area contributed by atoms with Gasteiger partial charge >= 0.3 is 0 Å². The highest BCUT2D eigenvalue weighted by atomic mass is 16.5. The van der Waals surface area contributed by atoms with Crippen LogP contribution in [0.15, 0.2) is 36.5 Å². The van der Waals surface area contributed by atoms with Crippen LogP contribution in [0.1, 0.15) is 29.8 Å². The number of fused-ring (bicyclic) bond motifs is 1. The van der Waals surface area contributed by atoms with Gasteiger partial charge in [0.05, 0.1) is 37.8 Å². The maximum Gasteiger partial charge on any atom is 0.0758 e. The molecule has 1 unspecified atom stereocenters. The number of aryl methyl sites for hydroxylation is 1. The van der Waals surface area contributed by atoms with Crippen LogP contribution < -0.4 is 0 Å². The minimum Gasteiger partial charge on any atom is -0.380 e. The van der Waals surface area contributed by atoms with Gasteiger partial charge in [0.2, 0.25) is 0 Å². The number of aromatic nitrogens is 2. The van der Waals surface area contributed by atoms with E-state index in [0.29, 0.717) is 13.2 Å². The third kappa shape index (κ3) is 4.04. The smallest absolute Gasteiger partial charge is 0.0758 e. The molecule has 5 nitrogen and oxygen atoms in total. The summed E-state index contributed by atoms with van der Waals surface area (Å²) in [6.45, 7) is 6.83. The van der Waals surface area contributed by atoms with E-state index in [9.17, 15) is 0 Å². The summed E-state index contributed by atoms with van der Waals surface area (Å²) >= 11 is 0. The molecule has 0 amide bonds. The van der Waals surface area contributed by atoms with Crippen LogP contribution in [-0.2, 0) is 29.5 Å². The molecule has 2 aromatic rings. The van der Waals surface area contributed by atoms with E-state index in [1.54, 1.807) is 0 Å². The van der Waals surface area contributed by atoms with Gasteiger partial charge in [-0.05, 0) is 24.5 Å². The first-order valence-electron chi connectivity index (χ1n) is 8.73. The van der Waals surface area contributed by atoms with E-state index in [-0.39, 0.29) is 6.04 Å². The fourth-order valence-corrected chi connectivity index (χ4v) is 3.34. The Morgan fingerprint density at radius 1 is 1.21 bits per heavy atom. The van der Waals surface area contributed by atoms with Crippen LogP contribution in [0, 0.1) is 0 Å². The fourth-order valence-electron chi connectivity index (χ4n) is 3.34. The Bertz CT molecular complexity index is 627. The molecule has 1 aliphatic heterocycles. The number of hydrogen-bond acceptors (Lipinski definition) is 4. The molecule has 0 radical (unpaired) electrons. The van der Waals surface area contributed by atoms with Crippen LogP contribution in [0.4, 0.5) is 0 Å². The molecule has 0 N–H and O–H groups in total. The monoisotopic (exact) mass is 329 g/mol. The molecule has 0 spiro atoms. The maximum atomic E-state index is 5.87. The first kappa shape index (κ1) is 17.1. The minimum atomic E-state index is 0.265.